The minimum Gasteiger partial charge on any atom is -0.481 e. The van der Waals surface area contributed by atoms with Gasteiger partial charge < -0.3 is 14.7 Å². The lowest BCUT2D eigenvalue weighted by Gasteiger charge is -2.38. The number of aliphatic carboxylic acids is 1. The van der Waals surface area contributed by atoms with Gasteiger partial charge in [-0.05, 0) is 26.7 Å². The number of ether oxygens (including phenoxy) is 1. The largest absolute Gasteiger partial charge is 0.481 e. The third kappa shape index (κ3) is 2.34. The molecule has 19 heavy (non-hydrogen) atoms. The maximum Gasteiger partial charge on any atom is 0.312 e. The van der Waals surface area contributed by atoms with Gasteiger partial charge in [0.25, 0.3) is 0 Å². The summed E-state index contributed by atoms with van der Waals surface area (Å²) in [5.41, 5.74) is 0.623. The second kappa shape index (κ2) is 4.45. The fourth-order valence-corrected chi connectivity index (χ4v) is 3.93. The van der Waals surface area contributed by atoms with Crippen molar-refractivity contribution in [1.29, 1.82) is 0 Å². The number of rotatable bonds is 2. The van der Waals surface area contributed by atoms with Gasteiger partial charge in [0, 0.05) is 18.0 Å². The van der Waals surface area contributed by atoms with E-state index in [0.29, 0.717) is 13.0 Å². The summed E-state index contributed by atoms with van der Waals surface area (Å²) >= 11 is 1.65. The molecule has 0 bridgehead atoms. The Bertz CT molecular complexity index is 512. The molecule has 1 aliphatic heterocycles. The first-order valence-electron chi connectivity index (χ1n) is 6.57. The highest BCUT2D eigenvalue weighted by molar-refractivity contribution is 7.15. The van der Waals surface area contributed by atoms with E-state index >= 15 is 0 Å². The lowest BCUT2D eigenvalue weighted by atomic mass is 10.1. The van der Waals surface area contributed by atoms with Crippen molar-refractivity contribution >= 4 is 22.4 Å². The van der Waals surface area contributed by atoms with E-state index in [1.807, 2.05) is 0 Å². The molecule has 1 aromatic rings. The van der Waals surface area contributed by atoms with Gasteiger partial charge in [0.2, 0.25) is 0 Å². The third-order valence-electron chi connectivity index (χ3n) is 3.70. The summed E-state index contributed by atoms with van der Waals surface area (Å²) in [5, 5.41) is 10.1. The predicted molar refractivity (Wildman–Crippen MR) is 73.1 cm³/mol. The predicted octanol–water partition coefficient (Wildman–Crippen LogP) is 1.87. The highest BCUT2D eigenvalue weighted by Crippen LogP contribution is 2.40. The Hall–Kier alpha value is -1.14. The minimum absolute atomic E-state index is 0.166. The fourth-order valence-electron chi connectivity index (χ4n) is 2.77. The first kappa shape index (κ1) is 12.9. The maximum atomic E-state index is 11.2. The SMILES string of the molecule is CC1(C)CN(c2nc3c(s2)CCC3C(=O)O)CCO1. The van der Waals surface area contributed by atoms with Crippen LogP contribution in [0.25, 0.3) is 0 Å². The highest BCUT2D eigenvalue weighted by Gasteiger charge is 2.35. The molecule has 1 atom stereocenters. The average Bonchev–Trinajstić information content (AvgIpc) is 2.85. The molecule has 2 aliphatic rings. The van der Waals surface area contributed by atoms with Crippen LogP contribution < -0.4 is 4.90 Å². The number of nitrogens with zero attached hydrogens (tertiary/aromatic N) is 2. The summed E-state index contributed by atoms with van der Waals surface area (Å²) in [7, 11) is 0. The Morgan fingerprint density at radius 2 is 2.37 bits per heavy atom. The molecule has 1 aliphatic carbocycles. The number of aryl methyl sites for hydroxylation is 1. The van der Waals surface area contributed by atoms with Crippen LogP contribution in [0.2, 0.25) is 0 Å². The number of carboxylic acid groups (broad SMARTS) is 1. The average molecular weight is 282 g/mol. The van der Waals surface area contributed by atoms with E-state index in [1.165, 1.54) is 0 Å². The summed E-state index contributed by atoms with van der Waals surface area (Å²) in [6, 6.07) is 0. The smallest absolute Gasteiger partial charge is 0.312 e. The maximum absolute atomic E-state index is 11.2. The van der Waals surface area contributed by atoms with Crippen LogP contribution in [0.3, 0.4) is 0 Å². The Labute approximate surface area is 116 Å². The quantitative estimate of drug-likeness (QED) is 0.897. The first-order valence-corrected chi connectivity index (χ1v) is 7.39. The van der Waals surface area contributed by atoms with Gasteiger partial charge >= 0.3 is 5.97 Å². The van der Waals surface area contributed by atoms with Crippen molar-refractivity contribution in [3.8, 4) is 0 Å². The van der Waals surface area contributed by atoms with Gasteiger partial charge in [0.15, 0.2) is 5.13 Å². The van der Waals surface area contributed by atoms with Crippen LogP contribution in [0, 0.1) is 0 Å². The number of anilines is 1. The van der Waals surface area contributed by atoms with Crippen molar-refractivity contribution in [1.82, 2.24) is 4.98 Å². The van der Waals surface area contributed by atoms with E-state index in [-0.39, 0.29) is 5.60 Å². The minimum atomic E-state index is -0.752. The fraction of sp³-hybridized carbons (Fsp3) is 0.692. The molecular formula is C13H18N2O3S. The number of fused-ring (bicyclic) bond motifs is 1. The van der Waals surface area contributed by atoms with Gasteiger partial charge in [0.1, 0.15) is 5.92 Å². The molecular weight excluding hydrogens is 264 g/mol. The number of aromatic nitrogens is 1. The number of carbonyl (C=O) groups is 1. The van der Waals surface area contributed by atoms with Crippen molar-refractivity contribution in [2.24, 2.45) is 0 Å². The number of carboxylic acids is 1. The van der Waals surface area contributed by atoms with E-state index in [0.717, 1.165) is 35.2 Å². The van der Waals surface area contributed by atoms with Crippen LogP contribution >= 0.6 is 11.3 Å². The zero-order valence-electron chi connectivity index (χ0n) is 11.2. The van der Waals surface area contributed by atoms with Gasteiger partial charge in [-0.25, -0.2) is 4.98 Å². The molecule has 0 aromatic carbocycles. The summed E-state index contributed by atoms with van der Waals surface area (Å²) in [6.45, 7) is 6.46. The van der Waals surface area contributed by atoms with E-state index in [4.69, 9.17) is 4.74 Å². The number of morpholine rings is 1. The van der Waals surface area contributed by atoms with Crippen LogP contribution in [-0.4, -0.2) is 41.4 Å². The van der Waals surface area contributed by atoms with Crippen molar-refractivity contribution in [3.05, 3.63) is 10.6 Å². The number of hydrogen-bond acceptors (Lipinski definition) is 5. The first-order chi connectivity index (χ1) is 8.96. The topological polar surface area (TPSA) is 62.7 Å². The Balaban J connectivity index is 1.84. The van der Waals surface area contributed by atoms with E-state index in [1.54, 1.807) is 11.3 Å². The van der Waals surface area contributed by atoms with Crippen LogP contribution in [-0.2, 0) is 16.0 Å². The molecule has 1 aromatic heterocycles. The number of hydrogen-bond donors (Lipinski definition) is 1. The van der Waals surface area contributed by atoms with Crippen LogP contribution in [0.15, 0.2) is 0 Å². The standard InChI is InChI=1S/C13H18N2O3S/c1-13(2)7-15(5-6-18-13)12-14-10-8(11(16)17)3-4-9(10)19-12/h8H,3-7H2,1-2H3,(H,16,17). The summed E-state index contributed by atoms with van der Waals surface area (Å²) in [4.78, 5) is 19.1. The molecule has 0 spiro atoms. The summed E-state index contributed by atoms with van der Waals surface area (Å²) < 4.78 is 5.69. The molecule has 5 nitrogen and oxygen atoms in total. The molecule has 104 valence electrons. The molecule has 1 fully saturated rings. The van der Waals surface area contributed by atoms with E-state index < -0.39 is 11.9 Å². The van der Waals surface area contributed by atoms with Crippen molar-refractivity contribution in [3.63, 3.8) is 0 Å². The van der Waals surface area contributed by atoms with Gasteiger partial charge in [-0.1, -0.05) is 0 Å². The molecule has 3 rings (SSSR count). The second-order valence-electron chi connectivity index (χ2n) is 5.76. The van der Waals surface area contributed by atoms with Crippen molar-refractivity contribution in [2.45, 2.75) is 38.2 Å². The molecule has 0 radical (unpaired) electrons. The molecule has 1 unspecified atom stereocenters. The normalized spacial score (nSPS) is 25.4. The van der Waals surface area contributed by atoms with Crippen LogP contribution in [0.1, 0.15) is 36.8 Å². The molecule has 6 heteroatoms. The molecule has 2 heterocycles. The molecule has 1 N–H and O–H groups in total. The van der Waals surface area contributed by atoms with Crippen molar-refractivity contribution < 1.29 is 14.6 Å². The van der Waals surface area contributed by atoms with Gasteiger partial charge in [-0.2, -0.15) is 0 Å². The Kier molecular flexibility index (Phi) is 3.02. The number of thiazole rings is 1. The summed E-state index contributed by atoms with van der Waals surface area (Å²) in [5.74, 6) is -1.16. The molecule has 0 amide bonds. The van der Waals surface area contributed by atoms with Gasteiger partial charge in [0.05, 0.1) is 17.9 Å². The highest BCUT2D eigenvalue weighted by atomic mass is 32.1. The van der Waals surface area contributed by atoms with Crippen LogP contribution in [0.4, 0.5) is 5.13 Å². The zero-order chi connectivity index (χ0) is 13.6. The van der Waals surface area contributed by atoms with E-state index in [9.17, 15) is 9.90 Å². The third-order valence-corrected chi connectivity index (χ3v) is 4.89. The van der Waals surface area contributed by atoms with E-state index in [2.05, 4.69) is 23.7 Å². The lowest BCUT2D eigenvalue weighted by Crippen LogP contribution is -2.48. The van der Waals surface area contributed by atoms with Gasteiger partial charge in [-0.15, -0.1) is 11.3 Å². The monoisotopic (exact) mass is 282 g/mol. The Morgan fingerprint density at radius 1 is 1.58 bits per heavy atom. The van der Waals surface area contributed by atoms with Crippen molar-refractivity contribution in [2.75, 3.05) is 24.6 Å². The lowest BCUT2D eigenvalue weighted by molar-refractivity contribution is -0.138. The zero-order valence-corrected chi connectivity index (χ0v) is 12.0. The summed E-state index contributed by atoms with van der Waals surface area (Å²) in [6.07, 6.45) is 1.54. The van der Waals surface area contributed by atoms with Gasteiger partial charge in [-0.3, -0.25) is 4.79 Å². The molecule has 0 saturated carbocycles. The molecule has 1 saturated heterocycles. The van der Waals surface area contributed by atoms with Crippen LogP contribution in [0.5, 0.6) is 0 Å². The Morgan fingerprint density at radius 3 is 3.05 bits per heavy atom. The second-order valence-corrected chi connectivity index (χ2v) is 6.83.